The first-order valence-corrected chi connectivity index (χ1v) is 22.9. The summed E-state index contributed by atoms with van der Waals surface area (Å²) in [7, 11) is 0.0336. The highest BCUT2D eigenvalue weighted by molar-refractivity contribution is 7.90. The second-order valence-electron chi connectivity index (χ2n) is 17.6. The topological polar surface area (TPSA) is 128 Å². The van der Waals surface area contributed by atoms with Crippen LogP contribution in [-0.2, 0) is 21.3 Å². The zero-order valence-corrected chi connectivity index (χ0v) is 35.0. The summed E-state index contributed by atoms with van der Waals surface area (Å²) in [4.78, 5) is 33.1. The zero-order chi connectivity index (χ0) is 40.3. The maximum Gasteiger partial charge on any atom is 0.264 e. The molecule has 1 aliphatic carbocycles. The van der Waals surface area contributed by atoms with E-state index < -0.39 is 15.9 Å². The van der Waals surface area contributed by atoms with Crippen LogP contribution in [0.2, 0.25) is 0 Å². The van der Waals surface area contributed by atoms with Gasteiger partial charge < -0.3 is 18.9 Å². The Morgan fingerprint density at radius 2 is 1.67 bits per heavy atom. The summed E-state index contributed by atoms with van der Waals surface area (Å²) in [5.74, 6) is 0.150. The summed E-state index contributed by atoms with van der Waals surface area (Å²) in [6.07, 6.45) is 13.4. The third-order valence-corrected chi connectivity index (χ3v) is 15.0. The normalized spacial score (nSPS) is 21.8. The highest BCUT2D eigenvalue weighted by Gasteiger charge is 2.41. The number of likely N-dealkylation sites (N-methyl/N-ethyl adjacent to an activating group) is 1. The molecule has 1 N–H and O–H groups in total. The van der Waals surface area contributed by atoms with Gasteiger partial charge in [-0.3, -0.25) is 19.2 Å². The highest BCUT2D eigenvalue weighted by Crippen LogP contribution is 2.48. The lowest BCUT2D eigenvalue weighted by Crippen LogP contribution is -2.53. The number of allylic oxidation sites excluding steroid dienone is 1. The van der Waals surface area contributed by atoms with E-state index in [1.165, 1.54) is 12.0 Å². The van der Waals surface area contributed by atoms with Crippen molar-refractivity contribution in [1.82, 2.24) is 28.9 Å². The number of hydrogen-bond acceptors (Lipinski definition) is 8. The molecule has 2 amide bonds. The zero-order valence-electron chi connectivity index (χ0n) is 34.2. The number of carbonyl (C=O) groups is 2. The SMILES string of the molecule is COc1ccc2c(c1)C=C(c1c(C(=O)N3CC4CCC(C3)N4C)cnn1C1CCOCC1)Cn1c-2c(C2CCCCC2)c2ccc(C(=O)NS(=O)(=O)CC(C)C)cc21. The van der Waals surface area contributed by atoms with Gasteiger partial charge in [-0.2, -0.15) is 5.10 Å². The van der Waals surface area contributed by atoms with E-state index in [9.17, 15) is 18.0 Å². The molecule has 6 heterocycles. The van der Waals surface area contributed by atoms with Crippen molar-refractivity contribution in [2.24, 2.45) is 5.92 Å². The standard InChI is InChI=1S/C45H56N6O6S/c1-28(2)27-58(54,55)47-44(52)30-10-14-38-40(22-30)50-24-32(20-31-21-36(56-4)13-15-37(31)43(50)41(38)29-8-6-5-7-9-29)42-39(23-46-51(42)33-16-18-57-19-17-33)45(53)49-25-34-11-12-35(26-49)48(34)3/h10,13-15,20-23,28-29,33-35H,5-9,11-12,16-19,24-27H2,1-4H3,(H,47,52). The van der Waals surface area contributed by atoms with E-state index in [1.54, 1.807) is 19.4 Å². The van der Waals surface area contributed by atoms with Crippen molar-refractivity contribution >= 4 is 44.4 Å². The number of carbonyl (C=O) groups excluding carboxylic acids is 2. The number of aromatic nitrogens is 3. The van der Waals surface area contributed by atoms with Crippen molar-refractivity contribution in [3.05, 3.63) is 70.5 Å². The molecule has 2 aromatic heterocycles. The van der Waals surface area contributed by atoms with Gasteiger partial charge in [-0.25, -0.2) is 13.1 Å². The Morgan fingerprint density at radius 3 is 2.38 bits per heavy atom. The molecule has 1 saturated carbocycles. The Labute approximate surface area is 341 Å². The number of nitrogens with zero attached hydrogens (tertiary/aromatic N) is 5. The molecule has 58 heavy (non-hydrogen) atoms. The average molecular weight is 809 g/mol. The molecule has 308 valence electrons. The number of sulfonamides is 1. The van der Waals surface area contributed by atoms with Gasteiger partial charge in [0.2, 0.25) is 10.0 Å². The van der Waals surface area contributed by atoms with Crippen molar-refractivity contribution in [1.29, 1.82) is 0 Å². The van der Waals surface area contributed by atoms with E-state index in [1.807, 2.05) is 36.9 Å². The Hall–Kier alpha value is -4.46. The molecular formula is C45H56N6O6S. The molecule has 5 aliphatic rings. The number of fused-ring (bicyclic) bond motifs is 7. The van der Waals surface area contributed by atoms with Crippen LogP contribution in [0.5, 0.6) is 5.75 Å². The molecule has 2 unspecified atom stereocenters. The summed E-state index contributed by atoms with van der Waals surface area (Å²) in [6, 6.07) is 12.6. The van der Waals surface area contributed by atoms with E-state index >= 15 is 0 Å². The van der Waals surface area contributed by atoms with E-state index in [-0.39, 0.29) is 29.2 Å². The molecule has 2 atom stereocenters. The van der Waals surface area contributed by atoms with Crippen LogP contribution in [-0.4, -0.2) is 103 Å². The van der Waals surface area contributed by atoms with Gasteiger partial charge in [0.25, 0.3) is 11.8 Å². The quantitative estimate of drug-likeness (QED) is 0.190. The van der Waals surface area contributed by atoms with Crippen molar-refractivity contribution < 1.29 is 27.5 Å². The third-order valence-electron chi connectivity index (χ3n) is 13.4. The lowest BCUT2D eigenvalue weighted by Gasteiger charge is -2.39. The molecule has 9 rings (SSSR count). The molecule has 4 fully saturated rings. The number of piperazine rings is 1. The largest absolute Gasteiger partial charge is 0.497 e. The first-order valence-electron chi connectivity index (χ1n) is 21.3. The fraction of sp³-hybridized carbons (Fsp3) is 0.533. The van der Waals surface area contributed by atoms with Gasteiger partial charge in [0, 0.05) is 60.4 Å². The molecule has 0 spiro atoms. The summed E-state index contributed by atoms with van der Waals surface area (Å²) in [6.45, 7) is 6.70. The van der Waals surface area contributed by atoms with Gasteiger partial charge in [-0.1, -0.05) is 39.2 Å². The molecular weight excluding hydrogens is 753 g/mol. The van der Waals surface area contributed by atoms with Crippen LogP contribution < -0.4 is 9.46 Å². The second-order valence-corrected chi connectivity index (χ2v) is 19.4. The first kappa shape index (κ1) is 39.0. The first-order chi connectivity index (χ1) is 28.0. The number of likely N-dealkylation sites (tertiary alicyclic amines) is 1. The van der Waals surface area contributed by atoms with Gasteiger partial charge in [-0.05, 0) is 111 Å². The van der Waals surface area contributed by atoms with Crippen LogP contribution in [0.25, 0.3) is 33.8 Å². The maximum absolute atomic E-state index is 14.9. The van der Waals surface area contributed by atoms with Crippen molar-refractivity contribution in [2.75, 3.05) is 46.2 Å². The number of ether oxygens (including phenoxy) is 2. The number of nitrogens with one attached hydrogen (secondary N) is 1. The van der Waals surface area contributed by atoms with Gasteiger partial charge >= 0.3 is 0 Å². The van der Waals surface area contributed by atoms with Crippen molar-refractivity contribution in [3.63, 3.8) is 0 Å². The van der Waals surface area contributed by atoms with Gasteiger partial charge in [-0.15, -0.1) is 0 Å². The predicted molar refractivity (Wildman–Crippen MR) is 226 cm³/mol. The summed E-state index contributed by atoms with van der Waals surface area (Å²) < 4.78 is 44.3. The highest BCUT2D eigenvalue weighted by atomic mass is 32.2. The smallest absolute Gasteiger partial charge is 0.264 e. The molecule has 12 nitrogen and oxygen atoms in total. The van der Waals surface area contributed by atoms with E-state index in [4.69, 9.17) is 14.6 Å². The number of hydrogen-bond donors (Lipinski definition) is 1. The van der Waals surface area contributed by atoms with Crippen LogP contribution in [0.1, 0.15) is 121 Å². The van der Waals surface area contributed by atoms with Gasteiger partial charge in [0.1, 0.15) is 5.75 Å². The van der Waals surface area contributed by atoms with Crippen LogP contribution in [0.4, 0.5) is 0 Å². The Morgan fingerprint density at radius 1 is 0.931 bits per heavy atom. The lowest BCUT2D eigenvalue weighted by molar-refractivity contribution is 0.0522. The summed E-state index contributed by atoms with van der Waals surface area (Å²) in [5.41, 5.74) is 7.91. The maximum atomic E-state index is 14.9. The molecule has 3 saturated heterocycles. The van der Waals surface area contributed by atoms with Crippen LogP contribution in [0, 0.1) is 5.92 Å². The Balaban J connectivity index is 1.24. The number of rotatable bonds is 9. The number of benzene rings is 2. The minimum atomic E-state index is -3.83. The fourth-order valence-corrected chi connectivity index (χ4v) is 11.9. The van der Waals surface area contributed by atoms with E-state index in [0.717, 1.165) is 96.1 Å². The Bertz CT molecular complexity index is 2370. The van der Waals surface area contributed by atoms with Crippen LogP contribution >= 0.6 is 0 Å². The lowest BCUT2D eigenvalue weighted by atomic mass is 9.81. The monoisotopic (exact) mass is 808 g/mol. The Kier molecular flexibility index (Phi) is 10.5. The average Bonchev–Trinajstić information content (AvgIpc) is 3.80. The summed E-state index contributed by atoms with van der Waals surface area (Å²) in [5, 5.41) is 6.09. The predicted octanol–water partition coefficient (Wildman–Crippen LogP) is 7.10. The van der Waals surface area contributed by atoms with Crippen LogP contribution in [0.15, 0.2) is 42.6 Å². The van der Waals surface area contributed by atoms with E-state index in [0.29, 0.717) is 56.4 Å². The molecule has 4 aliphatic heterocycles. The minimum absolute atomic E-state index is 0.0105. The number of methoxy groups -OCH3 is 1. The molecule has 13 heteroatoms. The molecule has 2 bridgehead atoms. The third kappa shape index (κ3) is 7.17. The fourth-order valence-electron chi connectivity index (χ4n) is 10.5. The summed E-state index contributed by atoms with van der Waals surface area (Å²) >= 11 is 0. The molecule has 4 aromatic rings. The van der Waals surface area contributed by atoms with E-state index in [2.05, 4.69) is 44.1 Å². The minimum Gasteiger partial charge on any atom is -0.497 e. The van der Waals surface area contributed by atoms with Crippen molar-refractivity contribution in [3.8, 4) is 17.0 Å². The van der Waals surface area contributed by atoms with Gasteiger partial charge in [0.15, 0.2) is 0 Å². The van der Waals surface area contributed by atoms with Crippen LogP contribution in [0.3, 0.4) is 0 Å². The molecule has 2 aromatic carbocycles. The second kappa shape index (κ2) is 15.6. The van der Waals surface area contributed by atoms with Gasteiger partial charge in [0.05, 0.1) is 48.6 Å². The number of amides is 2. The van der Waals surface area contributed by atoms with Crippen molar-refractivity contribution in [2.45, 2.75) is 102 Å². The molecule has 0 radical (unpaired) electrons.